The number of ether oxygens (including phenoxy) is 1. The Balaban J connectivity index is 2.05. The summed E-state index contributed by atoms with van der Waals surface area (Å²) in [5, 5.41) is 9.73. The molecule has 2 rings (SSSR count). The van der Waals surface area contributed by atoms with Crippen LogP contribution in [0.4, 0.5) is 4.79 Å². The predicted molar refractivity (Wildman–Crippen MR) is 86.1 cm³/mol. The van der Waals surface area contributed by atoms with Crippen LogP contribution in [0.5, 0.6) is 0 Å². The lowest BCUT2D eigenvalue weighted by molar-refractivity contribution is 0.0169. The molecule has 2 aliphatic rings. The fourth-order valence-electron chi connectivity index (χ4n) is 3.02. The topological polar surface area (TPSA) is 53.3 Å². The molecule has 0 bridgehead atoms. The van der Waals surface area contributed by atoms with Gasteiger partial charge in [-0.15, -0.1) is 0 Å². The molecule has 1 saturated heterocycles. The molecule has 4 heteroatoms. The second-order valence-corrected chi connectivity index (χ2v) is 7.40. The van der Waals surface area contributed by atoms with Crippen LogP contribution in [0.25, 0.3) is 0 Å². The quantitative estimate of drug-likeness (QED) is 0.734. The third-order valence-corrected chi connectivity index (χ3v) is 4.30. The maximum atomic E-state index is 12.1. The lowest BCUT2D eigenvalue weighted by Gasteiger charge is -2.39. The van der Waals surface area contributed by atoms with Crippen molar-refractivity contribution < 1.29 is 9.53 Å². The van der Waals surface area contributed by atoms with Crippen molar-refractivity contribution in [2.45, 2.75) is 52.6 Å². The molecule has 1 aliphatic heterocycles. The minimum absolute atomic E-state index is 0.277. The average Bonchev–Trinajstić information content (AvgIpc) is 2.45. The van der Waals surface area contributed by atoms with Crippen LogP contribution >= 0.6 is 0 Å². The van der Waals surface area contributed by atoms with Gasteiger partial charge < -0.3 is 9.64 Å². The molecule has 1 amide bonds. The van der Waals surface area contributed by atoms with Crippen molar-refractivity contribution in [3.05, 3.63) is 23.8 Å². The summed E-state index contributed by atoms with van der Waals surface area (Å²) >= 11 is 0. The lowest BCUT2D eigenvalue weighted by atomic mass is 9.71. The largest absolute Gasteiger partial charge is 0.444 e. The van der Waals surface area contributed by atoms with Crippen LogP contribution in [0.2, 0.25) is 0 Å². The molecule has 0 aromatic carbocycles. The highest BCUT2D eigenvalue weighted by molar-refractivity contribution is 5.68. The first-order valence-electron chi connectivity index (χ1n) is 8.04. The normalized spacial score (nSPS) is 24.4. The Bertz CT molecular complexity index is 526. The van der Waals surface area contributed by atoms with Crippen LogP contribution in [0.3, 0.4) is 0 Å². The summed E-state index contributed by atoms with van der Waals surface area (Å²) < 4.78 is 5.42. The zero-order valence-corrected chi connectivity index (χ0v) is 14.1. The number of nitriles is 1. The number of allylic oxidation sites excluding steroid dienone is 4. The van der Waals surface area contributed by atoms with Crippen LogP contribution in [0.1, 0.15) is 47.0 Å². The maximum absolute atomic E-state index is 12.1. The van der Waals surface area contributed by atoms with Gasteiger partial charge in [-0.25, -0.2) is 4.79 Å². The fourth-order valence-corrected chi connectivity index (χ4v) is 3.02. The molecule has 0 saturated carbocycles. The number of hydrogen-bond acceptors (Lipinski definition) is 3. The highest BCUT2D eigenvalue weighted by atomic mass is 16.6. The summed E-state index contributed by atoms with van der Waals surface area (Å²) in [6.07, 6.45) is 8.56. The smallest absolute Gasteiger partial charge is 0.410 e. The van der Waals surface area contributed by atoms with E-state index in [-0.39, 0.29) is 6.09 Å². The van der Waals surface area contributed by atoms with Crippen molar-refractivity contribution in [3.63, 3.8) is 0 Å². The number of hydrogen-bond donors (Lipinski definition) is 0. The highest BCUT2D eigenvalue weighted by Crippen LogP contribution is 2.41. The Labute approximate surface area is 133 Å². The van der Waals surface area contributed by atoms with Crippen LogP contribution in [0, 0.1) is 22.7 Å². The average molecular weight is 302 g/mol. The van der Waals surface area contributed by atoms with Crippen molar-refractivity contribution >= 4 is 6.09 Å². The number of carbonyl (C=O) groups is 1. The van der Waals surface area contributed by atoms with Crippen molar-refractivity contribution in [2.75, 3.05) is 13.1 Å². The van der Waals surface area contributed by atoms with Crippen molar-refractivity contribution in [3.8, 4) is 6.07 Å². The molecule has 0 spiro atoms. The SMILES string of the molecule is C[C@H]1C=C(C2(C#N)CCN(C(=O)OC(C)(C)C)CC2)C=CC1. The van der Waals surface area contributed by atoms with Crippen molar-refractivity contribution in [1.82, 2.24) is 4.90 Å². The second kappa shape index (κ2) is 6.16. The Hall–Kier alpha value is -1.76. The summed E-state index contributed by atoms with van der Waals surface area (Å²) in [4.78, 5) is 13.9. The molecule has 0 unspecified atom stereocenters. The molecule has 120 valence electrons. The van der Waals surface area contributed by atoms with E-state index in [1.165, 1.54) is 0 Å². The maximum Gasteiger partial charge on any atom is 0.410 e. The molecule has 22 heavy (non-hydrogen) atoms. The second-order valence-electron chi connectivity index (χ2n) is 7.40. The summed E-state index contributed by atoms with van der Waals surface area (Å²) in [7, 11) is 0. The lowest BCUT2D eigenvalue weighted by Crippen LogP contribution is -2.45. The van der Waals surface area contributed by atoms with Crippen molar-refractivity contribution in [2.24, 2.45) is 11.3 Å². The first-order chi connectivity index (χ1) is 10.3. The van der Waals surface area contributed by atoms with Crippen LogP contribution in [-0.4, -0.2) is 29.7 Å². The van der Waals surface area contributed by atoms with Gasteiger partial charge in [-0.2, -0.15) is 5.26 Å². The number of likely N-dealkylation sites (tertiary alicyclic amines) is 1. The summed E-state index contributed by atoms with van der Waals surface area (Å²) in [5.41, 5.74) is 0.187. The number of piperidine rings is 1. The van der Waals surface area contributed by atoms with Gasteiger partial charge in [-0.1, -0.05) is 25.2 Å². The first-order valence-corrected chi connectivity index (χ1v) is 8.04. The zero-order chi connectivity index (χ0) is 16.4. The van der Waals surface area contributed by atoms with E-state index >= 15 is 0 Å². The summed E-state index contributed by atoms with van der Waals surface area (Å²) in [6.45, 7) is 8.92. The molecule has 1 fully saturated rings. The summed E-state index contributed by atoms with van der Waals surface area (Å²) in [5.74, 6) is 0.481. The molecular weight excluding hydrogens is 276 g/mol. The monoisotopic (exact) mass is 302 g/mol. The fraction of sp³-hybridized carbons (Fsp3) is 0.667. The van der Waals surface area contributed by atoms with E-state index in [0.717, 1.165) is 12.0 Å². The van der Waals surface area contributed by atoms with E-state index in [1.54, 1.807) is 4.90 Å². The Morgan fingerprint density at radius 1 is 1.41 bits per heavy atom. The van der Waals surface area contributed by atoms with E-state index in [4.69, 9.17) is 4.74 Å². The van der Waals surface area contributed by atoms with Gasteiger partial charge in [0.15, 0.2) is 0 Å². The number of rotatable bonds is 1. The Kier molecular flexibility index (Phi) is 4.65. The molecule has 0 radical (unpaired) electrons. The van der Waals surface area contributed by atoms with Gasteiger partial charge in [-0.3, -0.25) is 0 Å². The molecule has 1 aliphatic carbocycles. The van der Waals surface area contributed by atoms with Gasteiger partial charge in [0.1, 0.15) is 5.60 Å². The Morgan fingerprint density at radius 2 is 2.05 bits per heavy atom. The van der Waals surface area contributed by atoms with Gasteiger partial charge >= 0.3 is 6.09 Å². The van der Waals surface area contributed by atoms with Gasteiger partial charge in [-0.05, 0) is 51.5 Å². The van der Waals surface area contributed by atoms with Crippen LogP contribution < -0.4 is 0 Å². The van der Waals surface area contributed by atoms with E-state index < -0.39 is 11.0 Å². The zero-order valence-electron chi connectivity index (χ0n) is 14.1. The molecular formula is C18H26N2O2. The predicted octanol–water partition coefficient (Wildman–Crippen LogP) is 4.05. The minimum atomic E-state index is -0.481. The highest BCUT2D eigenvalue weighted by Gasteiger charge is 2.39. The molecule has 1 heterocycles. The van der Waals surface area contributed by atoms with E-state index in [0.29, 0.717) is 31.8 Å². The molecule has 1 atom stereocenters. The van der Waals surface area contributed by atoms with E-state index in [2.05, 4.69) is 31.2 Å². The standard InChI is InChI=1S/C18H26N2O2/c1-14-6-5-7-15(12-14)18(13-19)8-10-20(11-9-18)16(21)22-17(2,3)4/h5,7,12,14H,6,8-11H2,1-4H3/t14-/m1/s1. The number of nitrogens with zero attached hydrogens (tertiary/aromatic N) is 2. The van der Waals surface area contributed by atoms with Gasteiger partial charge in [0.05, 0.1) is 11.5 Å². The van der Waals surface area contributed by atoms with Crippen LogP contribution in [-0.2, 0) is 4.74 Å². The third-order valence-electron chi connectivity index (χ3n) is 4.30. The van der Waals surface area contributed by atoms with Gasteiger partial charge in [0.2, 0.25) is 0 Å². The minimum Gasteiger partial charge on any atom is -0.444 e. The van der Waals surface area contributed by atoms with E-state index in [9.17, 15) is 10.1 Å². The van der Waals surface area contributed by atoms with Crippen LogP contribution in [0.15, 0.2) is 23.8 Å². The number of amides is 1. The molecule has 0 aromatic rings. The number of carbonyl (C=O) groups excluding carboxylic acids is 1. The third kappa shape index (κ3) is 3.71. The summed E-state index contributed by atoms with van der Waals surface area (Å²) in [6, 6.07) is 2.52. The molecule has 0 N–H and O–H groups in total. The molecule has 0 aromatic heterocycles. The van der Waals surface area contributed by atoms with Crippen molar-refractivity contribution in [1.29, 1.82) is 5.26 Å². The first kappa shape index (κ1) is 16.6. The van der Waals surface area contributed by atoms with Gasteiger partial charge in [0, 0.05) is 13.1 Å². The Morgan fingerprint density at radius 3 is 2.55 bits per heavy atom. The molecule has 4 nitrogen and oxygen atoms in total. The van der Waals surface area contributed by atoms with Gasteiger partial charge in [0.25, 0.3) is 0 Å². The van der Waals surface area contributed by atoms with E-state index in [1.807, 2.05) is 20.8 Å².